The van der Waals surface area contributed by atoms with Gasteiger partial charge < -0.3 is 10.4 Å². The van der Waals surface area contributed by atoms with Gasteiger partial charge in [0.1, 0.15) is 6.33 Å². The Morgan fingerprint density at radius 2 is 2.50 bits per heavy atom. The van der Waals surface area contributed by atoms with E-state index in [-0.39, 0.29) is 12.1 Å². The summed E-state index contributed by atoms with van der Waals surface area (Å²) in [6, 6.07) is 0. The van der Waals surface area contributed by atoms with E-state index in [1.54, 1.807) is 0 Å². The van der Waals surface area contributed by atoms with Crippen LogP contribution in [0.15, 0.2) is 6.33 Å². The largest absolute Gasteiger partial charge is 0.394 e. The van der Waals surface area contributed by atoms with Crippen molar-refractivity contribution in [1.29, 1.82) is 0 Å². The van der Waals surface area contributed by atoms with Gasteiger partial charge in [-0.15, -0.1) is 0 Å². The molecule has 0 atom stereocenters. The average molecular weight is 185 g/mol. The molecule has 1 aliphatic carbocycles. The fourth-order valence-electron chi connectivity index (χ4n) is 1.38. The van der Waals surface area contributed by atoms with E-state index in [0.717, 1.165) is 18.0 Å². The molecular weight excluding hydrogens is 174 g/mol. The first kappa shape index (κ1) is 7.94. The Labute approximate surface area is 74.8 Å². The van der Waals surface area contributed by atoms with Crippen LogP contribution >= 0.6 is 11.5 Å². The van der Waals surface area contributed by atoms with Gasteiger partial charge in [-0.1, -0.05) is 0 Å². The number of hydrogen-bond acceptors (Lipinski definition) is 5. The van der Waals surface area contributed by atoms with E-state index in [2.05, 4.69) is 14.7 Å². The number of nitrogens with one attached hydrogen (secondary N) is 1. The third kappa shape index (κ3) is 1.30. The van der Waals surface area contributed by atoms with Crippen molar-refractivity contribution in [3.05, 3.63) is 6.33 Å². The van der Waals surface area contributed by atoms with E-state index in [4.69, 9.17) is 5.11 Å². The Balaban J connectivity index is 2.01. The Morgan fingerprint density at radius 1 is 1.67 bits per heavy atom. The number of aliphatic hydroxyl groups excluding tert-OH is 1. The zero-order valence-electron chi connectivity index (χ0n) is 6.66. The lowest BCUT2D eigenvalue weighted by Gasteiger charge is -2.40. The molecule has 66 valence electrons. The Hall–Kier alpha value is -0.680. The minimum absolute atomic E-state index is 0.0977. The summed E-state index contributed by atoms with van der Waals surface area (Å²) in [5, 5.41) is 13.2. The van der Waals surface area contributed by atoms with Gasteiger partial charge in [0.05, 0.1) is 12.1 Å². The fourth-order valence-corrected chi connectivity index (χ4v) is 1.93. The van der Waals surface area contributed by atoms with Crippen molar-refractivity contribution in [2.24, 2.45) is 0 Å². The van der Waals surface area contributed by atoms with Gasteiger partial charge >= 0.3 is 0 Å². The third-order valence-corrected chi connectivity index (χ3v) is 2.93. The Bertz CT molecular complexity index is 240. The molecule has 1 saturated carbocycles. The summed E-state index contributed by atoms with van der Waals surface area (Å²) >= 11 is 1.33. The van der Waals surface area contributed by atoms with Gasteiger partial charge in [0, 0.05) is 11.5 Å². The highest BCUT2D eigenvalue weighted by Gasteiger charge is 2.36. The van der Waals surface area contributed by atoms with Crippen LogP contribution in [0.25, 0.3) is 0 Å². The third-order valence-electron chi connectivity index (χ3n) is 2.35. The zero-order chi connectivity index (χ0) is 8.44. The summed E-state index contributed by atoms with van der Waals surface area (Å²) in [4.78, 5) is 4.02. The summed E-state index contributed by atoms with van der Waals surface area (Å²) in [5.74, 6) is 0. The van der Waals surface area contributed by atoms with E-state index >= 15 is 0 Å². The summed E-state index contributed by atoms with van der Waals surface area (Å²) in [7, 11) is 0. The van der Waals surface area contributed by atoms with Crippen LogP contribution in [0.4, 0.5) is 5.13 Å². The lowest BCUT2D eigenvalue weighted by molar-refractivity contribution is 0.144. The maximum Gasteiger partial charge on any atom is 0.202 e. The molecule has 0 amide bonds. The maximum absolute atomic E-state index is 9.13. The van der Waals surface area contributed by atoms with Gasteiger partial charge in [-0.05, 0) is 19.3 Å². The molecule has 5 heteroatoms. The van der Waals surface area contributed by atoms with Gasteiger partial charge in [0.25, 0.3) is 0 Å². The molecule has 2 rings (SSSR count). The zero-order valence-corrected chi connectivity index (χ0v) is 7.47. The van der Waals surface area contributed by atoms with Gasteiger partial charge in [-0.2, -0.15) is 4.37 Å². The number of aromatic nitrogens is 2. The summed E-state index contributed by atoms with van der Waals surface area (Å²) in [6.07, 6.45) is 4.77. The molecule has 0 aromatic carbocycles. The number of rotatable bonds is 3. The first-order valence-corrected chi connectivity index (χ1v) is 4.78. The van der Waals surface area contributed by atoms with Crippen molar-refractivity contribution < 1.29 is 5.11 Å². The van der Waals surface area contributed by atoms with Gasteiger partial charge in [0.15, 0.2) is 0 Å². The maximum atomic E-state index is 9.13. The molecule has 1 aliphatic rings. The molecule has 1 aromatic heterocycles. The second-order valence-corrected chi connectivity index (χ2v) is 3.94. The van der Waals surface area contributed by atoms with Gasteiger partial charge in [-0.25, -0.2) is 4.98 Å². The molecule has 0 saturated heterocycles. The number of aliphatic hydroxyl groups is 1. The number of anilines is 1. The van der Waals surface area contributed by atoms with Crippen LogP contribution in [0, 0.1) is 0 Å². The molecule has 12 heavy (non-hydrogen) atoms. The highest BCUT2D eigenvalue weighted by atomic mass is 32.1. The second kappa shape index (κ2) is 2.99. The van der Waals surface area contributed by atoms with E-state index in [1.165, 1.54) is 24.3 Å². The number of nitrogens with zero attached hydrogens (tertiary/aromatic N) is 2. The van der Waals surface area contributed by atoms with Crippen LogP contribution in [0.2, 0.25) is 0 Å². The topological polar surface area (TPSA) is 58.0 Å². The molecule has 1 heterocycles. The number of hydrogen-bond donors (Lipinski definition) is 2. The minimum Gasteiger partial charge on any atom is -0.394 e. The van der Waals surface area contributed by atoms with Crippen LogP contribution < -0.4 is 5.32 Å². The van der Waals surface area contributed by atoms with Gasteiger partial charge in [-0.3, -0.25) is 0 Å². The highest BCUT2D eigenvalue weighted by Crippen LogP contribution is 2.34. The van der Waals surface area contributed by atoms with Crippen LogP contribution in [-0.4, -0.2) is 26.6 Å². The fraction of sp³-hybridized carbons (Fsp3) is 0.714. The second-order valence-electron chi connectivity index (χ2n) is 3.16. The molecule has 1 aromatic rings. The van der Waals surface area contributed by atoms with E-state index in [0.29, 0.717) is 0 Å². The smallest absolute Gasteiger partial charge is 0.202 e. The van der Waals surface area contributed by atoms with Crippen molar-refractivity contribution in [3.63, 3.8) is 0 Å². The lowest BCUT2D eigenvalue weighted by atomic mass is 9.77. The average Bonchev–Trinajstić information content (AvgIpc) is 2.49. The normalized spacial score (nSPS) is 20.1. The van der Waals surface area contributed by atoms with Crippen LogP contribution in [0.1, 0.15) is 19.3 Å². The first-order chi connectivity index (χ1) is 5.85. The quantitative estimate of drug-likeness (QED) is 0.733. The molecule has 0 unspecified atom stereocenters. The lowest BCUT2D eigenvalue weighted by Crippen LogP contribution is -2.48. The molecule has 2 N–H and O–H groups in total. The summed E-state index contributed by atoms with van der Waals surface area (Å²) in [5.41, 5.74) is -0.0977. The van der Waals surface area contributed by atoms with E-state index in [1.807, 2.05) is 0 Å². The van der Waals surface area contributed by atoms with Crippen LogP contribution in [-0.2, 0) is 0 Å². The predicted molar refractivity (Wildman–Crippen MR) is 47.2 cm³/mol. The van der Waals surface area contributed by atoms with Crippen molar-refractivity contribution in [2.45, 2.75) is 24.8 Å². The summed E-state index contributed by atoms with van der Waals surface area (Å²) < 4.78 is 3.89. The Kier molecular flexibility index (Phi) is 1.98. The van der Waals surface area contributed by atoms with E-state index < -0.39 is 0 Å². The minimum atomic E-state index is -0.0977. The summed E-state index contributed by atoms with van der Waals surface area (Å²) in [6.45, 7) is 0.187. The molecular formula is C7H11N3OS. The van der Waals surface area contributed by atoms with Crippen molar-refractivity contribution in [1.82, 2.24) is 9.36 Å². The monoisotopic (exact) mass is 185 g/mol. The SMILES string of the molecule is OCC1(Nc2ncns2)CCC1. The highest BCUT2D eigenvalue weighted by molar-refractivity contribution is 7.09. The van der Waals surface area contributed by atoms with Crippen LogP contribution in [0.3, 0.4) is 0 Å². The molecule has 0 spiro atoms. The van der Waals surface area contributed by atoms with Crippen molar-refractivity contribution in [3.8, 4) is 0 Å². The molecule has 0 aliphatic heterocycles. The first-order valence-electron chi connectivity index (χ1n) is 4.00. The van der Waals surface area contributed by atoms with Gasteiger partial charge in [0.2, 0.25) is 5.13 Å². The standard InChI is InChI=1S/C7H11N3OS/c11-4-7(2-1-3-7)10-6-8-5-9-12-6/h5,11H,1-4H2,(H,8,9,10). The van der Waals surface area contributed by atoms with Crippen molar-refractivity contribution >= 4 is 16.7 Å². The van der Waals surface area contributed by atoms with Crippen molar-refractivity contribution in [2.75, 3.05) is 11.9 Å². The molecule has 0 bridgehead atoms. The molecule has 1 fully saturated rings. The van der Waals surface area contributed by atoms with E-state index in [9.17, 15) is 0 Å². The predicted octanol–water partition coefficient (Wildman–Crippen LogP) is 0.865. The molecule has 0 radical (unpaired) electrons. The Morgan fingerprint density at radius 3 is 2.92 bits per heavy atom. The molecule has 4 nitrogen and oxygen atoms in total. The van der Waals surface area contributed by atoms with Crippen LogP contribution in [0.5, 0.6) is 0 Å².